The van der Waals surface area contributed by atoms with Crippen LogP contribution in [0.3, 0.4) is 0 Å². The van der Waals surface area contributed by atoms with E-state index >= 15 is 0 Å². The zero-order valence-electron chi connectivity index (χ0n) is 68.2. The molecule has 8 N–H and O–H groups in total. The van der Waals surface area contributed by atoms with Crippen LogP contribution in [0.2, 0.25) is 0 Å². The Balaban J connectivity index is -0.0000000382. The number of esters is 4. The summed E-state index contributed by atoms with van der Waals surface area (Å²) in [5, 5.41) is 13.8. The van der Waals surface area contributed by atoms with E-state index in [4.69, 9.17) is 42.1 Å². The highest BCUT2D eigenvalue weighted by molar-refractivity contribution is 6.32. The first kappa shape index (κ1) is 118. The lowest BCUT2D eigenvalue weighted by atomic mass is 9.86. The van der Waals surface area contributed by atoms with Crippen molar-refractivity contribution in [3.05, 3.63) is 24.3 Å². The van der Waals surface area contributed by atoms with Crippen molar-refractivity contribution in [2.75, 3.05) is 26.4 Å². The van der Waals surface area contributed by atoms with Gasteiger partial charge in [0.1, 0.15) is 0 Å². The first-order valence-electron chi connectivity index (χ1n) is 37.2. The normalized spacial score (nSPS) is 9.37. The summed E-state index contributed by atoms with van der Waals surface area (Å²) in [6.07, 6.45) is 54.5. The highest BCUT2D eigenvalue weighted by atomic mass is 16.5. The number of ketones is 2. The highest BCUT2D eigenvalue weighted by Gasteiger charge is 2.25. The van der Waals surface area contributed by atoms with Gasteiger partial charge in [0.15, 0.2) is 0 Å². The van der Waals surface area contributed by atoms with Crippen LogP contribution in [-0.4, -0.2) is 85.0 Å². The molecule has 0 spiro atoms. The lowest BCUT2D eigenvalue weighted by Gasteiger charge is -2.20. The van der Waals surface area contributed by atoms with Gasteiger partial charge in [-0.05, 0) is 222 Å². The van der Waals surface area contributed by atoms with Crippen molar-refractivity contribution in [1.82, 2.24) is 12.3 Å². The van der Waals surface area contributed by atoms with Crippen molar-refractivity contribution in [3.63, 3.8) is 0 Å². The molecule has 16 heteroatoms. The van der Waals surface area contributed by atoms with E-state index < -0.39 is 23.5 Å². The third-order valence-electron chi connectivity index (χ3n) is 13.9. The molecule has 0 radical (unpaired) electrons. The van der Waals surface area contributed by atoms with E-state index in [0.29, 0.717) is 26.1 Å². The number of rotatable bonds is 40. The van der Waals surface area contributed by atoms with Crippen LogP contribution >= 0.6 is 0 Å². The number of hydrogen-bond donors (Lipinski definition) is 4. The summed E-state index contributed by atoms with van der Waals surface area (Å²) in [7, 11) is 0. The van der Waals surface area contributed by atoms with E-state index in [1.54, 1.807) is 27.7 Å². The Bertz CT molecular complexity index is 3340. The Hall–Kier alpha value is -10.6. The molecular weight excluding hydrogens is 1360 g/mol. The molecule has 0 saturated heterocycles. The summed E-state index contributed by atoms with van der Waals surface area (Å²) >= 11 is 0. The lowest BCUT2D eigenvalue weighted by Crippen LogP contribution is -2.23. The largest absolute Gasteiger partial charge is 0.483 e. The molecule has 0 aromatic heterocycles. The van der Waals surface area contributed by atoms with Gasteiger partial charge in [-0.3, -0.25) is 28.8 Å². The van der Waals surface area contributed by atoms with Crippen LogP contribution in [0.5, 0.6) is 0 Å². The summed E-state index contributed by atoms with van der Waals surface area (Å²) in [5.41, 5.74) is 0. The second-order valence-electron chi connectivity index (χ2n) is 22.5. The van der Waals surface area contributed by atoms with Gasteiger partial charge < -0.3 is 41.5 Å². The van der Waals surface area contributed by atoms with Gasteiger partial charge in [0.25, 0.3) is 12.9 Å². The number of carbonyl (C=O) groups is 8. The molecular formula is C92H162N2O14. The predicted octanol–water partition coefficient (Wildman–Crippen LogP) is 21.8. The molecule has 0 aliphatic carbocycles. The molecule has 4 unspecified atom stereocenters. The fourth-order valence-corrected chi connectivity index (χ4v) is 8.32. The first-order chi connectivity index (χ1) is 51.4. The number of unbranched alkanes of at least 4 members (excludes halogenated alkanes) is 22. The molecule has 0 rings (SSSR count). The Morgan fingerprint density at radius 2 is 0.620 bits per heavy atom. The van der Waals surface area contributed by atoms with Crippen LogP contribution in [0, 0.1) is 190 Å². The van der Waals surface area contributed by atoms with E-state index in [1.165, 1.54) is 155 Å². The van der Waals surface area contributed by atoms with Crippen molar-refractivity contribution in [3.8, 4) is 167 Å². The van der Waals surface area contributed by atoms with Crippen LogP contribution in [0.25, 0.3) is 0 Å². The van der Waals surface area contributed by atoms with E-state index in [-0.39, 0.29) is 96.9 Å². The van der Waals surface area contributed by atoms with Gasteiger partial charge in [0.2, 0.25) is 11.6 Å². The summed E-state index contributed by atoms with van der Waals surface area (Å²) < 4.78 is 19.0. The smallest absolute Gasteiger partial charge is 0.374 e. The fraction of sp³-hybridized carbons (Fsp3) is 0.565. The third-order valence-corrected chi connectivity index (χ3v) is 13.9. The Kier molecular flexibility index (Phi) is 120. The van der Waals surface area contributed by atoms with E-state index in [2.05, 4.69) is 203 Å². The number of allylic oxidation sites excluding steroid dienone is 4. The summed E-state index contributed by atoms with van der Waals surface area (Å²) in [5.74, 6) is 66.3. The molecule has 0 fully saturated rings. The number of ether oxygens (including phenoxy) is 4. The molecule has 0 aliphatic heterocycles. The minimum atomic E-state index is -0.757. The minimum absolute atomic E-state index is 0. The average molecular weight is 1520 g/mol. The molecule has 0 aromatic rings. The Morgan fingerprint density at radius 1 is 0.370 bits per heavy atom. The molecule has 0 saturated carbocycles. The second kappa shape index (κ2) is 110. The zero-order chi connectivity index (χ0) is 81.3. The van der Waals surface area contributed by atoms with Gasteiger partial charge in [-0.1, -0.05) is 230 Å². The molecule has 16 nitrogen and oxygen atoms in total. The van der Waals surface area contributed by atoms with Gasteiger partial charge in [0.05, 0.1) is 38.3 Å². The molecule has 0 heterocycles. The number of Topliss-reactive ketones (excluding diaryl/α,β-unsaturated/α-hetero) is 2. The fourth-order valence-electron chi connectivity index (χ4n) is 8.32. The predicted molar refractivity (Wildman–Crippen MR) is 476 cm³/mol. The molecule has 0 amide bonds. The summed E-state index contributed by atoms with van der Waals surface area (Å²) in [6, 6.07) is 0. The molecule has 624 valence electrons. The molecule has 108 heavy (non-hydrogen) atoms. The quantitative estimate of drug-likeness (QED) is 0.0111. The van der Waals surface area contributed by atoms with Gasteiger partial charge in [-0.15, -0.1) is 12.8 Å². The van der Waals surface area contributed by atoms with Crippen molar-refractivity contribution >= 4 is 48.4 Å². The van der Waals surface area contributed by atoms with Crippen LogP contribution < -0.4 is 12.3 Å². The monoisotopic (exact) mass is 1520 g/mol. The maximum Gasteiger partial charge on any atom is 0.374 e. The number of terminal acetylenes is 2. The van der Waals surface area contributed by atoms with Gasteiger partial charge in [-0.25, -0.2) is 9.59 Å². The molecule has 0 aromatic carbocycles. The maximum atomic E-state index is 12.0. The number of carbonyl (C=O) groups excluding carboxylic acids is 6. The number of carboxylic acid groups (broad SMARTS) is 2. The van der Waals surface area contributed by atoms with Gasteiger partial charge in [-0.2, -0.15) is 0 Å². The van der Waals surface area contributed by atoms with Crippen molar-refractivity contribution in [2.24, 2.45) is 23.7 Å². The average Bonchev–Trinajstić information content (AvgIpc) is 0.914. The second-order valence-corrected chi connectivity index (χ2v) is 22.5. The lowest BCUT2D eigenvalue weighted by molar-refractivity contribution is -0.152. The molecule has 0 bridgehead atoms. The van der Waals surface area contributed by atoms with Crippen molar-refractivity contribution < 1.29 is 90.3 Å². The van der Waals surface area contributed by atoms with E-state index in [1.807, 2.05) is 39.8 Å². The van der Waals surface area contributed by atoms with Crippen LogP contribution in [0.15, 0.2) is 24.3 Å². The van der Waals surface area contributed by atoms with Crippen molar-refractivity contribution in [2.45, 2.75) is 290 Å². The van der Waals surface area contributed by atoms with Gasteiger partial charge in [0, 0.05) is 49.5 Å². The van der Waals surface area contributed by atoms with Crippen molar-refractivity contribution in [1.29, 1.82) is 0 Å². The zero-order valence-corrected chi connectivity index (χ0v) is 68.2. The standard InChI is InChI=1S/C23H30O2.C22H32O2.C18H20.C17H22.2C5H8O3.2CH2O2.2H3N.16H2/c1-5-8-10-12-14-16-18-20-22(21(4)23(24)25-7-3)19-17-15-13-11-9-6-2;1-5-8-10-12-14-16-18-21(20(4)22(23)24-7-3)19-17-15-13-11-9-6-2;1-3-5-7-9-11-13-15-17-18-16-14-12-10-8-6-4-2;1-3-5-7-9-11-13-15-17-16-14-12-10-8-6-4-2;2*1-3-8-5(7)4(2)6;2*2-1-3;;;;;;;;;;;;;;;;;;/h1,21-22H,6-7,9,11,13,15,17,19-20H2,2-4H3;20-21H,5,7-8,10,12,14,16,18-19H2,1-4H3;1,17-18H,4,6,8,10,12,14,16H2,2H3;16-17H,3,5,7,9,11,13,15H2,1-2H3;2*3H2,1-2H3;2*1H,(H,2,3);2*1H3;16*1H/b;;18-17-;17-16-;;;;;;;;;;;;;;;;;;;;;;. The first-order valence-corrected chi connectivity index (χ1v) is 37.2. The van der Waals surface area contributed by atoms with Gasteiger partial charge >= 0.3 is 23.9 Å². The maximum absolute atomic E-state index is 12.0. The Morgan fingerprint density at radius 3 is 0.880 bits per heavy atom. The SMILES string of the molecule is C#CC#CC#CC#C/C=C\CCCCCCCC.C#CC#CC#CC#CCC(CCCCCCCC)C(C)C(=O)OCC.CC#CC#CC#C/C=C\CCCCCCCC.CC#CC#CC#CCC(CCCCCCCC)C(C)C(=O)OCC.CCOC(=O)C(C)=O.CCOC(=O)C(C)=O.N.N.O=CO.O=CO.[HH].[HH].[HH].[HH].[HH].[HH].[HH].[HH].[HH].[HH].[HH].[HH].[HH].[HH].[HH].[HH]. The van der Waals surface area contributed by atoms with Crippen LogP contribution in [0.1, 0.15) is 312 Å². The summed E-state index contributed by atoms with van der Waals surface area (Å²) in [6.45, 7) is 26.5. The number of hydrogen-bond acceptors (Lipinski definition) is 14. The molecule has 0 aliphatic rings. The Labute approximate surface area is 679 Å². The van der Waals surface area contributed by atoms with Crippen LogP contribution in [0.4, 0.5) is 0 Å². The topological polar surface area (TPSA) is 284 Å². The molecule has 4 atom stereocenters. The summed E-state index contributed by atoms with van der Waals surface area (Å²) in [4.78, 5) is 81.2. The third kappa shape index (κ3) is 111. The van der Waals surface area contributed by atoms with Crippen LogP contribution in [-0.2, 0) is 57.3 Å². The highest BCUT2D eigenvalue weighted by Crippen LogP contribution is 2.26. The van der Waals surface area contributed by atoms with E-state index in [9.17, 15) is 28.8 Å². The minimum Gasteiger partial charge on any atom is -0.483 e. The van der Waals surface area contributed by atoms with E-state index in [0.717, 1.165) is 38.5 Å².